The number of carbonyl (C=O) groups is 2. The van der Waals surface area contributed by atoms with Crippen molar-refractivity contribution in [2.75, 3.05) is 25.6 Å². The number of esters is 1. The average Bonchev–Trinajstić information content (AvgIpc) is 2.67. The summed E-state index contributed by atoms with van der Waals surface area (Å²) in [6, 6.07) is 11.6. The average molecular weight is 357 g/mol. The normalized spacial score (nSPS) is 13.5. The number of hydrogen-bond donors (Lipinski definition) is 1. The van der Waals surface area contributed by atoms with Crippen LogP contribution in [0.15, 0.2) is 42.5 Å². The number of hydrogen-bond acceptors (Lipinski definition) is 6. The summed E-state index contributed by atoms with van der Waals surface area (Å²) < 4.78 is 21.2. The fraction of sp³-hybridized carbons (Fsp3) is 0.263. The Balaban J connectivity index is 1.64. The molecule has 1 amide bonds. The van der Waals surface area contributed by atoms with Gasteiger partial charge in [0.05, 0.1) is 12.7 Å². The molecular weight excluding hydrogens is 338 g/mol. The van der Waals surface area contributed by atoms with E-state index in [1.807, 2.05) is 0 Å². The zero-order valence-electron chi connectivity index (χ0n) is 14.5. The number of ether oxygens (including phenoxy) is 4. The molecule has 7 heteroatoms. The highest BCUT2D eigenvalue weighted by Crippen LogP contribution is 2.32. The summed E-state index contributed by atoms with van der Waals surface area (Å²) in [4.78, 5) is 23.9. The third-order valence-electron chi connectivity index (χ3n) is 3.75. The van der Waals surface area contributed by atoms with E-state index in [0.717, 1.165) is 0 Å². The molecule has 0 saturated heterocycles. The van der Waals surface area contributed by atoms with Gasteiger partial charge in [0.15, 0.2) is 17.6 Å². The Morgan fingerprint density at radius 3 is 2.62 bits per heavy atom. The van der Waals surface area contributed by atoms with E-state index in [0.29, 0.717) is 41.7 Å². The van der Waals surface area contributed by atoms with E-state index in [1.165, 1.54) is 13.2 Å². The molecule has 1 atom stereocenters. The topological polar surface area (TPSA) is 83.1 Å². The van der Waals surface area contributed by atoms with Crippen molar-refractivity contribution in [1.29, 1.82) is 0 Å². The van der Waals surface area contributed by atoms with Crippen molar-refractivity contribution in [3.8, 4) is 17.2 Å². The molecule has 0 bridgehead atoms. The molecule has 2 aromatic carbocycles. The van der Waals surface area contributed by atoms with Crippen molar-refractivity contribution in [3.63, 3.8) is 0 Å². The van der Waals surface area contributed by atoms with Gasteiger partial charge in [0.2, 0.25) is 0 Å². The zero-order chi connectivity index (χ0) is 18.5. The molecule has 136 valence electrons. The van der Waals surface area contributed by atoms with Gasteiger partial charge in [0.25, 0.3) is 5.91 Å². The van der Waals surface area contributed by atoms with Gasteiger partial charge in [0, 0.05) is 11.8 Å². The van der Waals surface area contributed by atoms with Crippen LogP contribution in [0.4, 0.5) is 5.69 Å². The van der Waals surface area contributed by atoms with Crippen LogP contribution in [-0.2, 0) is 9.53 Å². The van der Waals surface area contributed by atoms with Gasteiger partial charge in [-0.25, -0.2) is 4.79 Å². The fourth-order valence-electron chi connectivity index (χ4n) is 2.44. The Hall–Kier alpha value is -3.22. The Kier molecular flexibility index (Phi) is 5.26. The van der Waals surface area contributed by atoms with Crippen LogP contribution in [0.25, 0.3) is 0 Å². The largest absolute Gasteiger partial charge is 0.486 e. The van der Waals surface area contributed by atoms with Gasteiger partial charge in [-0.15, -0.1) is 0 Å². The summed E-state index contributed by atoms with van der Waals surface area (Å²) in [6.45, 7) is 2.60. The highest BCUT2D eigenvalue weighted by atomic mass is 16.6. The third kappa shape index (κ3) is 4.05. The van der Waals surface area contributed by atoms with Gasteiger partial charge in [-0.1, -0.05) is 6.07 Å². The Morgan fingerprint density at radius 1 is 1.08 bits per heavy atom. The first-order chi connectivity index (χ1) is 12.6. The number of carbonyl (C=O) groups excluding carboxylic acids is 2. The number of rotatable bonds is 5. The lowest BCUT2D eigenvalue weighted by Crippen LogP contribution is -2.30. The van der Waals surface area contributed by atoms with E-state index in [1.54, 1.807) is 43.3 Å². The van der Waals surface area contributed by atoms with Crippen LogP contribution in [0, 0.1) is 0 Å². The number of fused-ring (bicyclic) bond motifs is 1. The van der Waals surface area contributed by atoms with Crippen molar-refractivity contribution < 1.29 is 28.5 Å². The van der Waals surface area contributed by atoms with Gasteiger partial charge < -0.3 is 24.3 Å². The number of nitrogens with one attached hydrogen (secondary N) is 1. The molecule has 1 aliphatic heterocycles. The molecule has 1 N–H and O–H groups in total. The van der Waals surface area contributed by atoms with Crippen LogP contribution < -0.4 is 19.5 Å². The summed E-state index contributed by atoms with van der Waals surface area (Å²) in [5, 5.41) is 2.77. The van der Waals surface area contributed by atoms with Crippen LogP contribution in [-0.4, -0.2) is 38.3 Å². The minimum absolute atomic E-state index is 0.329. The van der Waals surface area contributed by atoms with Crippen LogP contribution in [0.1, 0.15) is 17.3 Å². The van der Waals surface area contributed by atoms with Crippen molar-refractivity contribution in [2.24, 2.45) is 0 Å². The second-order valence-corrected chi connectivity index (χ2v) is 5.63. The summed E-state index contributed by atoms with van der Waals surface area (Å²) in [7, 11) is 1.30. The summed E-state index contributed by atoms with van der Waals surface area (Å²) in [5.41, 5.74) is 0.933. The lowest BCUT2D eigenvalue weighted by Gasteiger charge is -2.20. The lowest BCUT2D eigenvalue weighted by atomic mass is 10.2. The van der Waals surface area contributed by atoms with Crippen molar-refractivity contribution >= 4 is 17.6 Å². The van der Waals surface area contributed by atoms with E-state index in [4.69, 9.17) is 14.2 Å². The standard InChI is InChI=1S/C19H19NO6/c1-12(26-15-5-3-4-13(10-15)19(22)23-2)18(21)20-14-6-7-16-17(11-14)25-9-8-24-16/h3-7,10-12H,8-9H2,1-2H3,(H,20,21)/t12-/m1/s1. The maximum absolute atomic E-state index is 12.4. The maximum atomic E-state index is 12.4. The first-order valence-corrected chi connectivity index (χ1v) is 8.12. The van der Waals surface area contributed by atoms with Crippen molar-refractivity contribution in [2.45, 2.75) is 13.0 Å². The molecule has 0 unspecified atom stereocenters. The molecule has 1 heterocycles. The Morgan fingerprint density at radius 2 is 1.85 bits per heavy atom. The minimum Gasteiger partial charge on any atom is -0.486 e. The molecule has 0 fully saturated rings. The molecule has 0 spiro atoms. The van der Waals surface area contributed by atoms with E-state index >= 15 is 0 Å². The van der Waals surface area contributed by atoms with E-state index < -0.39 is 12.1 Å². The fourth-order valence-corrected chi connectivity index (χ4v) is 2.44. The minimum atomic E-state index is -0.768. The van der Waals surface area contributed by atoms with Crippen LogP contribution in [0.3, 0.4) is 0 Å². The van der Waals surface area contributed by atoms with Crippen LogP contribution in [0.2, 0.25) is 0 Å². The lowest BCUT2D eigenvalue weighted by molar-refractivity contribution is -0.122. The highest BCUT2D eigenvalue weighted by Gasteiger charge is 2.18. The Bertz CT molecular complexity index is 819. The molecular formula is C19H19NO6. The molecule has 0 radical (unpaired) electrons. The van der Waals surface area contributed by atoms with Gasteiger partial charge in [-0.2, -0.15) is 0 Å². The van der Waals surface area contributed by atoms with E-state index in [9.17, 15) is 9.59 Å². The first kappa shape index (κ1) is 17.6. The molecule has 3 rings (SSSR count). The molecule has 1 aliphatic rings. The predicted octanol–water partition coefficient (Wildman–Crippen LogP) is 2.65. The second kappa shape index (κ2) is 7.77. The Labute approximate surface area is 150 Å². The second-order valence-electron chi connectivity index (χ2n) is 5.63. The molecule has 0 saturated carbocycles. The number of amides is 1. The van der Waals surface area contributed by atoms with Crippen molar-refractivity contribution in [3.05, 3.63) is 48.0 Å². The van der Waals surface area contributed by atoms with Gasteiger partial charge in [-0.3, -0.25) is 4.79 Å². The maximum Gasteiger partial charge on any atom is 0.337 e. The summed E-state index contributed by atoms with van der Waals surface area (Å²) >= 11 is 0. The first-order valence-electron chi connectivity index (χ1n) is 8.12. The van der Waals surface area contributed by atoms with E-state index in [-0.39, 0.29) is 5.91 Å². The monoisotopic (exact) mass is 357 g/mol. The molecule has 0 aromatic heterocycles. The van der Waals surface area contributed by atoms with Crippen LogP contribution >= 0.6 is 0 Å². The molecule has 2 aromatic rings. The van der Waals surface area contributed by atoms with Gasteiger partial charge in [-0.05, 0) is 37.3 Å². The van der Waals surface area contributed by atoms with Crippen LogP contribution in [0.5, 0.6) is 17.2 Å². The summed E-state index contributed by atoms with van der Waals surface area (Å²) in [5.74, 6) is 0.846. The number of anilines is 1. The third-order valence-corrected chi connectivity index (χ3v) is 3.75. The number of methoxy groups -OCH3 is 1. The summed E-state index contributed by atoms with van der Waals surface area (Å²) in [6.07, 6.45) is -0.768. The smallest absolute Gasteiger partial charge is 0.337 e. The van der Waals surface area contributed by atoms with Gasteiger partial charge in [0.1, 0.15) is 19.0 Å². The van der Waals surface area contributed by atoms with Gasteiger partial charge >= 0.3 is 5.97 Å². The SMILES string of the molecule is COC(=O)c1cccc(O[C@H](C)C(=O)Nc2ccc3c(c2)OCCO3)c1. The molecule has 0 aliphatic carbocycles. The number of benzene rings is 2. The molecule has 7 nitrogen and oxygen atoms in total. The molecule has 26 heavy (non-hydrogen) atoms. The highest BCUT2D eigenvalue weighted by molar-refractivity contribution is 5.94. The quantitative estimate of drug-likeness (QED) is 0.829. The van der Waals surface area contributed by atoms with Crippen molar-refractivity contribution in [1.82, 2.24) is 0 Å². The predicted molar refractivity (Wildman–Crippen MR) is 93.9 cm³/mol. The van der Waals surface area contributed by atoms with E-state index in [2.05, 4.69) is 10.1 Å². The zero-order valence-corrected chi connectivity index (χ0v) is 14.5.